The number of terminal acetylenes is 1. The lowest BCUT2D eigenvalue weighted by atomic mass is 9.91. The van der Waals surface area contributed by atoms with Gasteiger partial charge in [-0.2, -0.15) is 0 Å². The largest absolute Gasteiger partial charge is 0.444 e. The van der Waals surface area contributed by atoms with Crippen LogP contribution in [-0.4, -0.2) is 46.0 Å². The molecule has 0 heterocycles. The van der Waals surface area contributed by atoms with Gasteiger partial charge in [-0.05, 0) is 72.4 Å². The Morgan fingerprint density at radius 3 is 2.08 bits per heavy atom. The van der Waals surface area contributed by atoms with E-state index in [0.717, 1.165) is 12.8 Å². The molecule has 1 aromatic rings. The van der Waals surface area contributed by atoms with Crippen LogP contribution in [0.15, 0.2) is 24.3 Å². The van der Waals surface area contributed by atoms with Gasteiger partial charge >= 0.3 is 6.09 Å². The van der Waals surface area contributed by atoms with E-state index in [2.05, 4.69) is 16.6 Å². The Labute approximate surface area is 217 Å². The first-order valence-corrected chi connectivity index (χ1v) is 12.7. The Morgan fingerprint density at radius 2 is 1.61 bits per heavy atom. The summed E-state index contributed by atoms with van der Waals surface area (Å²) in [5.41, 5.74) is -0.409. The third-order valence-electron chi connectivity index (χ3n) is 5.59. The van der Waals surface area contributed by atoms with E-state index in [0.29, 0.717) is 11.1 Å². The van der Waals surface area contributed by atoms with Gasteiger partial charge in [-0.15, -0.1) is 6.42 Å². The maximum Gasteiger partial charge on any atom is 0.408 e. The number of amides is 3. The fourth-order valence-electron chi connectivity index (χ4n) is 4.03. The highest BCUT2D eigenvalue weighted by atomic mass is 16.6. The number of carbonyl (C=O) groups excluding carboxylic acids is 3. The Morgan fingerprint density at radius 1 is 1.03 bits per heavy atom. The number of alkyl carbamates (subject to hydrolysis) is 1. The maximum absolute atomic E-state index is 14.2. The van der Waals surface area contributed by atoms with E-state index in [1.54, 1.807) is 49.9 Å². The van der Waals surface area contributed by atoms with Crippen molar-refractivity contribution in [2.75, 3.05) is 0 Å². The van der Waals surface area contributed by atoms with E-state index in [1.165, 1.54) is 0 Å². The molecule has 0 aliphatic carbocycles. The molecule has 7 heteroatoms. The van der Waals surface area contributed by atoms with Crippen LogP contribution in [0.5, 0.6) is 0 Å². The van der Waals surface area contributed by atoms with E-state index < -0.39 is 35.2 Å². The lowest BCUT2D eigenvalue weighted by Crippen LogP contribution is -2.60. The molecule has 7 nitrogen and oxygen atoms in total. The van der Waals surface area contributed by atoms with E-state index in [4.69, 9.17) is 11.2 Å². The molecule has 36 heavy (non-hydrogen) atoms. The summed E-state index contributed by atoms with van der Waals surface area (Å²) in [5, 5.41) is 5.80. The minimum Gasteiger partial charge on any atom is -0.444 e. The van der Waals surface area contributed by atoms with Crippen molar-refractivity contribution >= 4 is 17.9 Å². The van der Waals surface area contributed by atoms with Crippen molar-refractivity contribution in [3.63, 3.8) is 0 Å². The summed E-state index contributed by atoms with van der Waals surface area (Å²) in [4.78, 5) is 42.2. The second-order valence-corrected chi connectivity index (χ2v) is 11.6. The number of rotatable bonds is 9. The minimum absolute atomic E-state index is 0.0827. The van der Waals surface area contributed by atoms with Gasteiger partial charge in [0.05, 0.1) is 0 Å². The van der Waals surface area contributed by atoms with Crippen LogP contribution in [0.3, 0.4) is 0 Å². The zero-order chi connectivity index (χ0) is 27.8. The van der Waals surface area contributed by atoms with E-state index >= 15 is 0 Å². The molecule has 0 aliphatic heterocycles. The van der Waals surface area contributed by atoms with Crippen LogP contribution in [0.4, 0.5) is 4.79 Å². The van der Waals surface area contributed by atoms with Crippen LogP contribution >= 0.6 is 0 Å². The van der Waals surface area contributed by atoms with Gasteiger partial charge in [0.25, 0.3) is 0 Å². The number of hydrogen-bond acceptors (Lipinski definition) is 4. The number of hydrogen-bond donors (Lipinski definition) is 2. The Bertz CT molecular complexity index is 950. The zero-order valence-electron chi connectivity index (χ0n) is 23.7. The average Bonchev–Trinajstić information content (AvgIpc) is 2.73. The summed E-state index contributed by atoms with van der Waals surface area (Å²) < 4.78 is 5.42. The summed E-state index contributed by atoms with van der Waals surface area (Å²) in [7, 11) is 0. The van der Waals surface area contributed by atoms with Crippen molar-refractivity contribution in [2.45, 2.75) is 111 Å². The average molecular weight is 500 g/mol. The molecule has 2 N–H and O–H groups in total. The van der Waals surface area contributed by atoms with Crippen molar-refractivity contribution in [3.05, 3.63) is 35.4 Å². The van der Waals surface area contributed by atoms with Crippen molar-refractivity contribution in [1.29, 1.82) is 0 Å². The summed E-state index contributed by atoms with van der Waals surface area (Å²) >= 11 is 0. The van der Waals surface area contributed by atoms with Crippen LogP contribution < -0.4 is 10.6 Å². The Balaban J connectivity index is 3.64. The molecule has 200 valence electrons. The van der Waals surface area contributed by atoms with Gasteiger partial charge in [-0.1, -0.05) is 51.3 Å². The third kappa shape index (κ3) is 8.89. The molecular weight excluding hydrogens is 454 g/mol. The van der Waals surface area contributed by atoms with Crippen LogP contribution in [0.25, 0.3) is 0 Å². The second-order valence-electron chi connectivity index (χ2n) is 11.6. The van der Waals surface area contributed by atoms with Gasteiger partial charge in [0.1, 0.15) is 17.7 Å². The topological polar surface area (TPSA) is 87.7 Å². The van der Waals surface area contributed by atoms with Gasteiger partial charge in [0.15, 0.2) is 0 Å². The molecule has 0 aliphatic rings. The lowest BCUT2D eigenvalue weighted by molar-refractivity contribution is -0.149. The molecule has 3 unspecified atom stereocenters. The van der Waals surface area contributed by atoms with Crippen molar-refractivity contribution < 1.29 is 19.1 Å². The standard InChI is InChI=1S/C29H45N3O4/c1-12-16-20(5)30-25(33)24(22-18-15-14-17-21(22)13-2)32(28(6,7)8)26(34)23(19(3)4)31-27(35)36-29(9,10)11/h2,14-15,17-20,23-24H,12,16H2,1,3-11H3,(H,30,33)(H,31,35). The number of carbonyl (C=O) groups is 3. The zero-order valence-corrected chi connectivity index (χ0v) is 23.7. The second kappa shape index (κ2) is 12.8. The summed E-state index contributed by atoms with van der Waals surface area (Å²) in [6.45, 7) is 18.5. The lowest BCUT2D eigenvalue weighted by Gasteiger charge is -2.44. The maximum atomic E-state index is 14.2. The summed E-state index contributed by atoms with van der Waals surface area (Å²) in [6, 6.07) is 5.15. The normalized spacial score (nSPS) is 14.3. The quantitative estimate of drug-likeness (QED) is 0.458. The number of ether oxygens (including phenoxy) is 1. The van der Waals surface area contributed by atoms with Gasteiger partial charge in [-0.25, -0.2) is 4.79 Å². The molecule has 0 saturated carbocycles. The number of benzene rings is 1. The SMILES string of the molecule is C#Cc1ccccc1C(C(=O)NC(C)CCC)N(C(=O)C(NC(=O)OC(C)(C)C)C(C)C)C(C)(C)C. The molecule has 3 amide bonds. The number of nitrogens with zero attached hydrogens (tertiary/aromatic N) is 1. The third-order valence-corrected chi connectivity index (χ3v) is 5.59. The van der Waals surface area contributed by atoms with Crippen molar-refractivity contribution in [2.24, 2.45) is 5.92 Å². The fourth-order valence-corrected chi connectivity index (χ4v) is 4.03. The molecule has 0 aromatic heterocycles. The molecule has 0 spiro atoms. The molecule has 0 bridgehead atoms. The van der Waals surface area contributed by atoms with Gasteiger partial charge in [0, 0.05) is 17.1 Å². The highest BCUT2D eigenvalue weighted by Gasteiger charge is 2.43. The van der Waals surface area contributed by atoms with Crippen LogP contribution in [0.2, 0.25) is 0 Å². The highest BCUT2D eigenvalue weighted by Crippen LogP contribution is 2.32. The minimum atomic E-state index is -0.995. The van der Waals surface area contributed by atoms with E-state index in [9.17, 15) is 14.4 Å². The Kier molecular flexibility index (Phi) is 11.0. The first kappa shape index (κ1) is 31.0. The van der Waals surface area contributed by atoms with E-state index in [-0.39, 0.29) is 17.9 Å². The predicted molar refractivity (Wildman–Crippen MR) is 144 cm³/mol. The smallest absolute Gasteiger partial charge is 0.408 e. The van der Waals surface area contributed by atoms with Crippen LogP contribution in [0, 0.1) is 18.3 Å². The van der Waals surface area contributed by atoms with Crippen LogP contribution in [-0.2, 0) is 14.3 Å². The molecule has 1 rings (SSSR count). The van der Waals surface area contributed by atoms with Gasteiger partial charge in [0.2, 0.25) is 11.8 Å². The fraction of sp³-hybridized carbons (Fsp3) is 0.621. The Hall–Kier alpha value is -3.01. The molecule has 3 atom stereocenters. The molecule has 0 radical (unpaired) electrons. The molecular formula is C29H45N3O4. The van der Waals surface area contributed by atoms with Crippen molar-refractivity contribution in [3.8, 4) is 12.3 Å². The molecule has 0 fully saturated rings. The highest BCUT2D eigenvalue weighted by molar-refractivity contribution is 5.93. The van der Waals surface area contributed by atoms with E-state index in [1.807, 2.05) is 48.5 Å². The monoisotopic (exact) mass is 499 g/mol. The first-order valence-electron chi connectivity index (χ1n) is 12.7. The van der Waals surface area contributed by atoms with Crippen LogP contribution in [0.1, 0.15) is 99.2 Å². The number of nitrogens with one attached hydrogen (secondary N) is 2. The van der Waals surface area contributed by atoms with Gasteiger partial charge in [-0.3, -0.25) is 9.59 Å². The summed E-state index contributed by atoms with van der Waals surface area (Å²) in [6.07, 6.45) is 6.81. The summed E-state index contributed by atoms with van der Waals surface area (Å²) in [5.74, 6) is 1.69. The predicted octanol–water partition coefficient (Wildman–Crippen LogP) is 5.19. The van der Waals surface area contributed by atoms with Gasteiger partial charge < -0.3 is 20.3 Å². The molecule has 0 saturated heterocycles. The van der Waals surface area contributed by atoms with Crippen molar-refractivity contribution in [1.82, 2.24) is 15.5 Å². The molecule has 1 aromatic carbocycles. The first-order chi connectivity index (χ1) is 16.5.